The molecule has 2 aliphatic heterocycles. The molecule has 0 saturated carbocycles. The van der Waals surface area contributed by atoms with E-state index in [1.54, 1.807) is 24.5 Å². The summed E-state index contributed by atoms with van der Waals surface area (Å²) in [7, 11) is 1.92. The van der Waals surface area contributed by atoms with Crippen molar-refractivity contribution in [1.29, 1.82) is 0 Å². The van der Waals surface area contributed by atoms with Crippen LogP contribution in [0.3, 0.4) is 0 Å². The Bertz CT molecular complexity index is 738. The SMILES string of the molecule is CN(C(=O)c1cccc(Oc2ccncc2)c1)C1CC2CCC(C1)N2. The molecule has 0 aliphatic carbocycles. The third-order valence-corrected chi connectivity index (χ3v) is 5.28. The Morgan fingerprint density at radius 3 is 2.56 bits per heavy atom. The highest BCUT2D eigenvalue weighted by molar-refractivity contribution is 5.94. The Labute approximate surface area is 148 Å². The van der Waals surface area contributed by atoms with E-state index in [1.807, 2.05) is 36.2 Å². The van der Waals surface area contributed by atoms with E-state index in [0.717, 1.165) is 12.8 Å². The fourth-order valence-electron chi connectivity index (χ4n) is 3.95. The van der Waals surface area contributed by atoms with Gasteiger partial charge in [0.15, 0.2) is 0 Å². The van der Waals surface area contributed by atoms with Crippen molar-refractivity contribution >= 4 is 5.91 Å². The highest BCUT2D eigenvalue weighted by Crippen LogP contribution is 2.30. The van der Waals surface area contributed by atoms with Gasteiger partial charge in [0.1, 0.15) is 11.5 Å². The van der Waals surface area contributed by atoms with Crippen LogP contribution >= 0.6 is 0 Å². The molecule has 0 spiro atoms. The number of hydrogen-bond acceptors (Lipinski definition) is 4. The van der Waals surface area contributed by atoms with Crippen molar-refractivity contribution in [2.75, 3.05) is 7.05 Å². The minimum atomic E-state index is 0.0616. The Morgan fingerprint density at radius 1 is 1.12 bits per heavy atom. The second-order valence-electron chi connectivity index (χ2n) is 6.99. The molecule has 2 saturated heterocycles. The van der Waals surface area contributed by atoms with Gasteiger partial charge in [-0.1, -0.05) is 6.07 Å². The molecule has 2 fully saturated rings. The molecule has 5 nitrogen and oxygen atoms in total. The van der Waals surface area contributed by atoms with Gasteiger partial charge in [0, 0.05) is 43.1 Å². The number of carbonyl (C=O) groups is 1. The normalized spacial score (nSPS) is 24.8. The molecular weight excluding hydrogens is 314 g/mol. The average molecular weight is 337 g/mol. The van der Waals surface area contributed by atoms with E-state index in [-0.39, 0.29) is 5.91 Å². The summed E-state index contributed by atoms with van der Waals surface area (Å²) in [5, 5.41) is 3.63. The molecule has 1 N–H and O–H groups in total. The lowest BCUT2D eigenvalue weighted by atomic mass is 9.98. The lowest BCUT2D eigenvalue weighted by molar-refractivity contribution is 0.0681. The van der Waals surface area contributed by atoms with Crippen molar-refractivity contribution in [1.82, 2.24) is 15.2 Å². The summed E-state index contributed by atoms with van der Waals surface area (Å²) in [5.41, 5.74) is 0.667. The monoisotopic (exact) mass is 337 g/mol. The summed E-state index contributed by atoms with van der Waals surface area (Å²) < 4.78 is 5.82. The number of nitrogens with one attached hydrogen (secondary N) is 1. The summed E-state index contributed by atoms with van der Waals surface area (Å²) in [6.45, 7) is 0. The Kier molecular flexibility index (Phi) is 4.40. The van der Waals surface area contributed by atoms with Crippen molar-refractivity contribution in [3.05, 3.63) is 54.4 Å². The smallest absolute Gasteiger partial charge is 0.253 e. The number of fused-ring (bicyclic) bond motifs is 2. The molecule has 130 valence electrons. The van der Waals surface area contributed by atoms with Crippen LogP contribution in [-0.4, -0.2) is 41.0 Å². The molecule has 2 unspecified atom stereocenters. The molecule has 3 heterocycles. The van der Waals surface area contributed by atoms with Crippen LogP contribution < -0.4 is 10.1 Å². The van der Waals surface area contributed by atoms with Crippen molar-refractivity contribution in [3.8, 4) is 11.5 Å². The summed E-state index contributed by atoms with van der Waals surface area (Å²) in [6, 6.07) is 12.4. The largest absolute Gasteiger partial charge is 0.457 e. The van der Waals surface area contributed by atoms with Gasteiger partial charge >= 0.3 is 0 Å². The molecule has 1 aromatic heterocycles. The lowest BCUT2D eigenvalue weighted by Crippen LogP contribution is -2.48. The summed E-state index contributed by atoms with van der Waals surface area (Å²) >= 11 is 0. The zero-order valence-electron chi connectivity index (χ0n) is 14.4. The molecule has 0 radical (unpaired) electrons. The Balaban J connectivity index is 1.47. The second kappa shape index (κ2) is 6.84. The second-order valence-corrected chi connectivity index (χ2v) is 6.99. The quantitative estimate of drug-likeness (QED) is 0.931. The van der Waals surface area contributed by atoms with Crippen molar-refractivity contribution in [2.45, 2.75) is 43.8 Å². The molecule has 5 heteroatoms. The van der Waals surface area contributed by atoms with Gasteiger partial charge in [0.05, 0.1) is 0 Å². The first-order chi connectivity index (χ1) is 12.2. The van der Waals surface area contributed by atoms with Gasteiger partial charge < -0.3 is 15.0 Å². The number of benzene rings is 1. The van der Waals surface area contributed by atoms with E-state index in [4.69, 9.17) is 4.74 Å². The van der Waals surface area contributed by atoms with Crippen LogP contribution in [0.15, 0.2) is 48.8 Å². The Hall–Kier alpha value is -2.40. The molecule has 2 atom stereocenters. The van der Waals surface area contributed by atoms with Crippen LogP contribution in [0.5, 0.6) is 11.5 Å². The number of nitrogens with zero attached hydrogens (tertiary/aromatic N) is 2. The van der Waals surface area contributed by atoms with Crippen LogP contribution in [0.2, 0.25) is 0 Å². The zero-order valence-corrected chi connectivity index (χ0v) is 14.4. The molecular formula is C20H23N3O2. The van der Waals surface area contributed by atoms with Gasteiger partial charge in [-0.3, -0.25) is 9.78 Å². The van der Waals surface area contributed by atoms with E-state index in [1.165, 1.54) is 12.8 Å². The van der Waals surface area contributed by atoms with E-state index < -0.39 is 0 Å². The van der Waals surface area contributed by atoms with Crippen LogP contribution in [0.25, 0.3) is 0 Å². The number of aromatic nitrogens is 1. The zero-order chi connectivity index (χ0) is 17.2. The number of hydrogen-bond donors (Lipinski definition) is 1. The van der Waals surface area contributed by atoms with Gasteiger partial charge in [-0.25, -0.2) is 0 Å². The van der Waals surface area contributed by atoms with E-state index in [0.29, 0.717) is 35.2 Å². The van der Waals surface area contributed by atoms with Gasteiger partial charge in [0.25, 0.3) is 5.91 Å². The molecule has 2 bridgehead atoms. The van der Waals surface area contributed by atoms with Gasteiger partial charge in [0.2, 0.25) is 0 Å². The molecule has 4 rings (SSSR count). The predicted molar refractivity (Wildman–Crippen MR) is 95.8 cm³/mol. The van der Waals surface area contributed by atoms with Crippen LogP contribution in [0, 0.1) is 0 Å². The minimum absolute atomic E-state index is 0.0616. The van der Waals surface area contributed by atoms with Crippen molar-refractivity contribution in [2.24, 2.45) is 0 Å². The molecule has 2 aromatic rings. The van der Waals surface area contributed by atoms with Crippen LogP contribution in [-0.2, 0) is 0 Å². The summed E-state index contributed by atoms with van der Waals surface area (Å²) in [5.74, 6) is 1.44. The first-order valence-corrected chi connectivity index (χ1v) is 8.90. The molecule has 2 aliphatic rings. The summed E-state index contributed by atoms with van der Waals surface area (Å²) in [4.78, 5) is 18.8. The van der Waals surface area contributed by atoms with Crippen molar-refractivity contribution in [3.63, 3.8) is 0 Å². The average Bonchev–Trinajstić information content (AvgIpc) is 2.99. The maximum Gasteiger partial charge on any atom is 0.253 e. The first kappa shape index (κ1) is 16.1. The minimum Gasteiger partial charge on any atom is -0.457 e. The predicted octanol–water partition coefficient (Wildman–Crippen LogP) is 3.23. The number of ether oxygens (including phenoxy) is 1. The number of piperidine rings is 1. The molecule has 25 heavy (non-hydrogen) atoms. The fraction of sp³-hybridized carbons (Fsp3) is 0.400. The highest BCUT2D eigenvalue weighted by atomic mass is 16.5. The highest BCUT2D eigenvalue weighted by Gasteiger charge is 2.36. The van der Waals surface area contributed by atoms with Gasteiger partial charge in [-0.05, 0) is 56.0 Å². The van der Waals surface area contributed by atoms with Gasteiger partial charge in [-0.15, -0.1) is 0 Å². The first-order valence-electron chi connectivity index (χ1n) is 8.90. The van der Waals surface area contributed by atoms with E-state index in [9.17, 15) is 4.79 Å². The molecule has 1 amide bonds. The number of carbonyl (C=O) groups excluding carboxylic acids is 1. The van der Waals surface area contributed by atoms with Crippen molar-refractivity contribution < 1.29 is 9.53 Å². The van der Waals surface area contributed by atoms with E-state index >= 15 is 0 Å². The van der Waals surface area contributed by atoms with Gasteiger partial charge in [-0.2, -0.15) is 0 Å². The maximum atomic E-state index is 12.9. The lowest BCUT2D eigenvalue weighted by Gasteiger charge is -2.35. The topological polar surface area (TPSA) is 54.5 Å². The summed E-state index contributed by atoms with van der Waals surface area (Å²) in [6.07, 6.45) is 7.93. The van der Waals surface area contributed by atoms with Crippen LogP contribution in [0.1, 0.15) is 36.0 Å². The third-order valence-electron chi connectivity index (χ3n) is 5.28. The maximum absolute atomic E-state index is 12.9. The Morgan fingerprint density at radius 2 is 1.84 bits per heavy atom. The number of amides is 1. The molecule has 1 aromatic carbocycles. The van der Waals surface area contributed by atoms with Crippen LogP contribution in [0.4, 0.5) is 0 Å². The number of pyridine rings is 1. The number of rotatable bonds is 4. The fourth-order valence-corrected chi connectivity index (χ4v) is 3.95. The third kappa shape index (κ3) is 3.51. The standard InChI is InChI=1S/C20H23N3O2/c1-23(17-12-15-5-6-16(13-17)22-15)20(24)14-3-2-4-19(11-14)25-18-7-9-21-10-8-18/h2-4,7-11,15-17,22H,5-6,12-13H2,1H3. The van der Waals surface area contributed by atoms with E-state index in [2.05, 4.69) is 10.3 Å².